The minimum Gasteiger partial charge on any atom is -0.306 e. The number of aryl methyl sites for hydroxylation is 2. The molecular formula is C20H18ClN3O2S. The minimum absolute atomic E-state index is 0.252. The minimum atomic E-state index is -0.979. The molecule has 2 aromatic carbocycles. The van der Waals surface area contributed by atoms with Crippen LogP contribution in [0.2, 0.25) is 5.02 Å². The standard InChI is InChI=1S/C20H18ClN3O2S/c1-12-3-8-18(13(2)9-12)24-19(16-10-27(26)11-17(16)23-24)22-20(25)14-4-6-15(21)7-5-14/h3-9H,10-11H2,1-2H3,(H,22,25)/t27-/m1/s1. The number of rotatable bonds is 3. The highest BCUT2D eigenvalue weighted by atomic mass is 35.5. The third-order valence-corrected chi connectivity index (χ3v) is 6.05. The quantitative estimate of drug-likeness (QED) is 0.719. The molecule has 1 aliphatic rings. The van der Waals surface area contributed by atoms with Gasteiger partial charge in [-0.3, -0.25) is 9.00 Å². The van der Waals surface area contributed by atoms with Gasteiger partial charge in [0.1, 0.15) is 5.82 Å². The fraction of sp³-hybridized carbons (Fsp3) is 0.200. The maximum Gasteiger partial charge on any atom is 0.256 e. The van der Waals surface area contributed by atoms with Crippen LogP contribution in [0.25, 0.3) is 5.69 Å². The van der Waals surface area contributed by atoms with Gasteiger partial charge in [-0.1, -0.05) is 29.3 Å². The van der Waals surface area contributed by atoms with Crippen LogP contribution in [0.5, 0.6) is 0 Å². The summed E-state index contributed by atoms with van der Waals surface area (Å²) in [5.41, 5.74) is 5.23. The molecule has 0 spiro atoms. The second kappa shape index (κ2) is 6.94. The molecular weight excluding hydrogens is 382 g/mol. The Morgan fingerprint density at radius 1 is 1.15 bits per heavy atom. The molecule has 1 aliphatic heterocycles. The molecule has 7 heteroatoms. The van der Waals surface area contributed by atoms with E-state index in [1.54, 1.807) is 28.9 Å². The van der Waals surface area contributed by atoms with Crippen LogP contribution in [0.4, 0.5) is 5.82 Å². The van der Waals surface area contributed by atoms with Crippen molar-refractivity contribution in [1.29, 1.82) is 0 Å². The highest BCUT2D eigenvalue weighted by Crippen LogP contribution is 2.32. The Balaban J connectivity index is 1.77. The molecule has 0 saturated heterocycles. The van der Waals surface area contributed by atoms with Crippen molar-refractivity contribution in [3.63, 3.8) is 0 Å². The molecule has 0 bridgehead atoms. The molecule has 27 heavy (non-hydrogen) atoms. The summed E-state index contributed by atoms with van der Waals surface area (Å²) in [6.45, 7) is 4.05. The van der Waals surface area contributed by atoms with E-state index in [4.69, 9.17) is 11.6 Å². The number of carbonyl (C=O) groups is 1. The van der Waals surface area contributed by atoms with Gasteiger partial charge in [-0.05, 0) is 49.7 Å². The first-order chi connectivity index (χ1) is 12.9. The number of anilines is 1. The van der Waals surface area contributed by atoms with E-state index in [-0.39, 0.29) is 5.91 Å². The molecule has 2 heterocycles. The monoisotopic (exact) mass is 399 g/mol. The van der Waals surface area contributed by atoms with Gasteiger partial charge >= 0.3 is 0 Å². The Morgan fingerprint density at radius 3 is 2.59 bits per heavy atom. The lowest BCUT2D eigenvalue weighted by molar-refractivity contribution is 0.102. The van der Waals surface area contributed by atoms with Gasteiger partial charge in [0.05, 0.1) is 22.9 Å². The smallest absolute Gasteiger partial charge is 0.256 e. The Kier molecular flexibility index (Phi) is 4.61. The van der Waals surface area contributed by atoms with Crippen molar-refractivity contribution in [2.75, 3.05) is 5.32 Å². The normalized spacial score (nSPS) is 15.6. The largest absolute Gasteiger partial charge is 0.306 e. The third kappa shape index (κ3) is 3.42. The third-order valence-electron chi connectivity index (χ3n) is 4.59. The van der Waals surface area contributed by atoms with Gasteiger partial charge in [0, 0.05) is 26.9 Å². The summed E-state index contributed by atoms with van der Waals surface area (Å²) in [5, 5.41) is 8.19. The van der Waals surface area contributed by atoms with Crippen molar-refractivity contribution in [2.24, 2.45) is 0 Å². The number of benzene rings is 2. The van der Waals surface area contributed by atoms with E-state index in [0.29, 0.717) is 27.9 Å². The molecule has 1 atom stereocenters. The number of nitrogens with one attached hydrogen (secondary N) is 1. The number of hydrogen-bond acceptors (Lipinski definition) is 3. The number of nitrogens with zero attached hydrogens (tertiary/aromatic N) is 2. The Hall–Kier alpha value is -2.44. The summed E-state index contributed by atoms with van der Waals surface area (Å²) in [6.07, 6.45) is 0. The van der Waals surface area contributed by atoms with Gasteiger partial charge in [0.25, 0.3) is 5.91 Å². The lowest BCUT2D eigenvalue weighted by Gasteiger charge is -2.13. The average molecular weight is 400 g/mol. The first kappa shape index (κ1) is 17.9. The molecule has 0 unspecified atom stereocenters. The van der Waals surface area contributed by atoms with Crippen molar-refractivity contribution in [2.45, 2.75) is 25.4 Å². The molecule has 1 amide bonds. The topological polar surface area (TPSA) is 64.0 Å². The van der Waals surface area contributed by atoms with Crippen LogP contribution in [0.1, 0.15) is 32.7 Å². The predicted molar refractivity (Wildman–Crippen MR) is 108 cm³/mol. The first-order valence-corrected chi connectivity index (χ1v) is 10.4. The highest BCUT2D eigenvalue weighted by molar-refractivity contribution is 7.83. The maximum atomic E-state index is 12.8. The van der Waals surface area contributed by atoms with Crippen molar-refractivity contribution in [3.05, 3.63) is 75.4 Å². The maximum absolute atomic E-state index is 12.8. The molecule has 0 radical (unpaired) electrons. The second-order valence-corrected chi connectivity index (χ2v) is 8.56. The van der Waals surface area contributed by atoms with Gasteiger partial charge < -0.3 is 5.32 Å². The van der Waals surface area contributed by atoms with Crippen LogP contribution in [0, 0.1) is 13.8 Å². The Labute approximate surface area is 164 Å². The van der Waals surface area contributed by atoms with E-state index in [2.05, 4.69) is 16.5 Å². The zero-order valence-corrected chi connectivity index (χ0v) is 16.5. The summed E-state index contributed by atoms with van der Waals surface area (Å²) < 4.78 is 13.8. The number of amides is 1. The molecule has 5 nitrogen and oxygen atoms in total. The molecule has 138 valence electrons. The fourth-order valence-corrected chi connectivity index (χ4v) is 4.64. The van der Waals surface area contributed by atoms with E-state index in [9.17, 15) is 9.00 Å². The lowest BCUT2D eigenvalue weighted by Crippen LogP contribution is -2.17. The van der Waals surface area contributed by atoms with Gasteiger partial charge in [0.15, 0.2) is 0 Å². The van der Waals surface area contributed by atoms with Crippen LogP contribution in [0.3, 0.4) is 0 Å². The molecule has 0 saturated carbocycles. The molecule has 0 fully saturated rings. The number of fused-ring (bicyclic) bond motifs is 1. The molecule has 4 rings (SSSR count). The highest BCUT2D eigenvalue weighted by Gasteiger charge is 2.28. The lowest BCUT2D eigenvalue weighted by atomic mass is 10.1. The van der Waals surface area contributed by atoms with Crippen LogP contribution < -0.4 is 5.32 Å². The van der Waals surface area contributed by atoms with Crippen molar-refractivity contribution in [1.82, 2.24) is 9.78 Å². The first-order valence-electron chi connectivity index (χ1n) is 8.52. The average Bonchev–Trinajstić information content (AvgIpc) is 3.13. The van der Waals surface area contributed by atoms with Crippen LogP contribution >= 0.6 is 11.6 Å². The van der Waals surface area contributed by atoms with E-state index in [1.807, 2.05) is 26.0 Å². The van der Waals surface area contributed by atoms with Crippen molar-refractivity contribution in [3.8, 4) is 5.69 Å². The van der Waals surface area contributed by atoms with Gasteiger partial charge in [-0.25, -0.2) is 4.68 Å². The summed E-state index contributed by atoms with van der Waals surface area (Å²) in [6, 6.07) is 12.8. The van der Waals surface area contributed by atoms with Crippen LogP contribution in [-0.2, 0) is 22.3 Å². The zero-order chi connectivity index (χ0) is 19.1. The SMILES string of the molecule is Cc1ccc(-n2nc3c(c2NC(=O)c2ccc(Cl)cc2)C[S@@](=O)C3)c(C)c1. The van der Waals surface area contributed by atoms with Gasteiger partial charge in [-0.15, -0.1) is 0 Å². The van der Waals surface area contributed by atoms with E-state index < -0.39 is 10.8 Å². The number of carbonyl (C=O) groups excluding carboxylic acids is 1. The summed E-state index contributed by atoms with van der Waals surface area (Å²) >= 11 is 5.91. The van der Waals surface area contributed by atoms with E-state index in [0.717, 1.165) is 28.1 Å². The summed E-state index contributed by atoms with van der Waals surface area (Å²) in [7, 11) is -0.979. The van der Waals surface area contributed by atoms with Gasteiger partial charge in [0.2, 0.25) is 0 Å². The number of aromatic nitrogens is 2. The molecule has 0 aliphatic carbocycles. The summed E-state index contributed by atoms with van der Waals surface area (Å²) in [5.74, 6) is 1.15. The number of halogens is 1. The molecule has 3 aromatic rings. The van der Waals surface area contributed by atoms with Crippen LogP contribution in [0.15, 0.2) is 42.5 Å². The van der Waals surface area contributed by atoms with Crippen molar-refractivity contribution >= 4 is 34.1 Å². The van der Waals surface area contributed by atoms with Crippen molar-refractivity contribution < 1.29 is 9.00 Å². The Bertz CT molecular complexity index is 1070. The van der Waals surface area contributed by atoms with Gasteiger partial charge in [-0.2, -0.15) is 5.10 Å². The van der Waals surface area contributed by atoms with E-state index in [1.165, 1.54) is 0 Å². The fourth-order valence-electron chi connectivity index (χ4n) is 3.25. The second-order valence-electron chi connectivity index (χ2n) is 6.67. The Morgan fingerprint density at radius 2 is 1.89 bits per heavy atom. The predicted octanol–water partition coefficient (Wildman–Crippen LogP) is 4.16. The molecule has 1 N–H and O–H groups in total. The van der Waals surface area contributed by atoms with Crippen LogP contribution in [-0.4, -0.2) is 19.9 Å². The van der Waals surface area contributed by atoms with E-state index >= 15 is 0 Å². The zero-order valence-electron chi connectivity index (χ0n) is 15.0. The summed E-state index contributed by atoms with van der Waals surface area (Å²) in [4.78, 5) is 12.8. The molecule has 1 aromatic heterocycles. The number of hydrogen-bond donors (Lipinski definition) is 1.